The first kappa shape index (κ1) is 20.8. The van der Waals surface area contributed by atoms with Crippen molar-refractivity contribution in [3.63, 3.8) is 0 Å². The lowest BCUT2D eigenvalue weighted by Gasteiger charge is -2.30. The van der Waals surface area contributed by atoms with E-state index in [1.807, 2.05) is 6.92 Å². The average molecular weight is 408 g/mol. The molecule has 1 saturated heterocycles. The van der Waals surface area contributed by atoms with Crippen molar-refractivity contribution in [2.75, 3.05) is 11.9 Å². The number of nitrogens with zero attached hydrogens (tertiary/aromatic N) is 1. The van der Waals surface area contributed by atoms with Crippen LogP contribution in [0.3, 0.4) is 0 Å². The SMILES string of the molecule is CCc1ccc(NC(=O)C2CCCN2C(=O)C2CCCCC2)cc1S(N)(=O)=O. The summed E-state index contributed by atoms with van der Waals surface area (Å²) in [5, 5.41) is 8.09. The fourth-order valence-corrected chi connectivity index (χ4v) is 5.17. The first-order valence-corrected chi connectivity index (χ1v) is 11.6. The molecule has 2 fully saturated rings. The molecule has 0 spiro atoms. The monoisotopic (exact) mass is 407 g/mol. The van der Waals surface area contributed by atoms with Crippen LogP contribution in [0.15, 0.2) is 23.1 Å². The normalized spacial score (nSPS) is 20.9. The van der Waals surface area contributed by atoms with E-state index in [1.165, 1.54) is 12.5 Å². The van der Waals surface area contributed by atoms with E-state index < -0.39 is 16.1 Å². The lowest BCUT2D eigenvalue weighted by Crippen LogP contribution is -2.46. The maximum Gasteiger partial charge on any atom is 0.247 e. The van der Waals surface area contributed by atoms with E-state index in [0.29, 0.717) is 30.6 Å². The molecule has 154 valence electrons. The number of benzene rings is 1. The number of likely N-dealkylation sites (tertiary alicyclic amines) is 1. The summed E-state index contributed by atoms with van der Waals surface area (Å²) in [6.45, 7) is 2.44. The highest BCUT2D eigenvalue weighted by molar-refractivity contribution is 7.89. The molecule has 8 heteroatoms. The minimum Gasteiger partial charge on any atom is -0.330 e. The third kappa shape index (κ3) is 4.55. The third-order valence-electron chi connectivity index (χ3n) is 5.82. The number of hydrogen-bond acceptors (Lipinski definition) is 4. The summed E-state index contributed by atoms with van der Waals surface area (Å²) < 4.78 is 23.7. The van der Waals surface area contributed by atoms with Crippen molar-refractivity contribution in [3.05, 3.63) is 23.8 Å². The number of rotatable bonds is 5. The quantitative estimate of drug-likeness (QED) is 0.781. The van der Waals surface area contributed by atoms with E-state index in [9.17, 15) is 18.0 Å². The Bertz CT molecular complexity index is 847. The fourth-order valence-electron chi connectivity index (χ4n) is 4.30. The number of amides is 2. The van der Waals surface area contributed by atoms with Gasteiger partial charge in [-0.1, -0.05) is 32.3 Å². The van der Waals surface area contributed by atoms with Gasteiger partial charge in [0, 0.05) is 18.2 Å². The molecule has 1 aliphatic carbocycles. The molecule has 0 radical (unpaired) electrons. The fraction of sp³-hybridized carbons (Fsp3) is 0.600. The van der Waals surface area contributed by atoms with Gasteiger partial charge in [-0.25, -0.2) is 13.6 Å². The summed E-state index contributed by atoms with van der Waals surface area (Å²) in [6, 6.07) is 4.23. The van der Waals surface area contributed by atoms with Crippen molar-refractivity contribution < 1.29 is 18.0 Å². The van der Waals surface area contributed by atoms with Crippen molar-refractivity contribution in [3.8, 4) is 0 Å². The largest absolute Gasteiger partial charge is 0.330 e. The molecule has 2 aliphatic rings. The Morgan fingerprint density at radius 2 is 1.86 bits per heavy atom. The van der Waals surface area contributed by atoms with Crippen LogP contribution in [0.4, 0.5) is 5.69 Å². The smallest absolute Gasteiger partial charge is 0.247 e. The highest BCUT2D eigenvalue weighted by Gasteiger charge is 2.37. The number of carbonyl (C=O) groups excluding carboxylic acids is 2. The Labute approximate surface area is 166 Å². The molecular formula is C20H29N3O4S. The molecule has 28 heavy (non-hydrogen) atoms. The van der Waals surface area contributed by atoms with Crippen molar-refractivity contribution in [2.24, 2.45) is 11.1 Å². The van der Waals surface area contributed by atoms with Gasteiger partial charge in [0.25, 0.3) is 0 Å². The first-order chi connectivity index (χ1) is 13.3. The molecule has 0 aromatic heterocycles. The molecule has 1 aliphatic heterocycles. The number of primary sulfonamides is 1. The van der Waals surface area contributed by atoms with Gasteiger partial charge < -0.3 is 10.2 Å². The minimum absolute atomic E-state index is 0.0226. The Balaban J connectivity index is 1.74. The minimum atomic E-state index is -3.88. The summed E-state index contributed by atoms with van der Waals surface area (Å²) in [4.78, 5) is 27.5. The Hall–Kier alpha value is -1.93. The number of aryl methyl sites for hydroxylation is 1. The number of nitrogens with one attached hydrogen (secondary N) is 1. The average Bonchev–Trinajstić information content (AvgIpc) is 3.17. The molecule has 1 aromatic carbocycles. The number of hydrogen-bond donors (Lipinski definition) is 2. The van der Waals surface area contributed by atoms with Crippen LogP contribution in [-0.2, 0) is 26.0 Å². The molecule has 2 amide bonds. The summed E-state index contributed by atoms with van der Waals surface area (Å²) in [6.07, 6.45) is 7.06. The standard InChI is InChI=1S/C20H29N3O4S/c1-2-14-10-11-16(13-18(14)28(21,26)27)22-19(24)17-9-6-12-23(17)20(25)15-7-4-3-5-8-15/h10-11,13,15,17H,2-9,12H2,1H3,(H,22,24)(H2,21,26,27). The van der Waals surface area contributed by atoms with Gasteiger partial charge in [0.2, 0.25) is 21.8 Å². The number of nitrogens with two attached hydrogens (primary N) is 1. The van der Waals surface area contributed by atoms with Crippen LogP contribution in [0.2, 0.25) is 0 Å². The van der Waals surface area contributed by atoms with Crippen molar-refractivity contribution in [1.82, 2.24) is 4.90 Å². The van der Waals surface area contributed by atoms with E-state index in [4.69, 9.17) is 5.14 Å². The maximum absolute atomic E-state index is 12.9. The lowest BCUT2D eigenvalue weighted by atomic mass is 9.88. The zero-order valence-corrected chi connectivity index (χ0v) is 17.1. The second-order valence-corrected chi connectivity index (χ2v) is 9.26. The number of carbonyl (C=O) groups is 2. The van der Waals surface area contributed by atoms with Crippen molar-refractivity contribution >= 4 is 27.5 Å². The van der Waals surface area contributed by atoms with Crippen LogP contribution in [0.5, 0.6) is 0 Å². The van der Waals surface area contributed by atoms with Crippen LogP contribution in [0.1, 0.15) is 57.4 Å². The summed E-state index contributed by atoms with van der Waals surface area (Å²) in [7, 11) is -3.88. The highest BCUT2D eigenvalue weighted by Crippen LogP contribution is 2.29. The van der Waals surface area contributed by atoms with E-state index in [0.717, 1.165) is 32.1 Å². The molecule has 1 unspecified atom stereocenters. The van der Waals surface area contributed by atoms with Gasteiger partial charge in [0.1, 0.15) is 6.04 Å². The topological polar surface area (TPSA) is 110 Å². The molecule has 7 nitrogen and oxygen atoms in total. The van der Waals surface area contributed by atoms with Gasteiger partial charge in [-0.05, 0) is 49.8 Å². The van der Waals surface area contributed by atoms with Gasteiger partial charge in [-0.3, -0.25) is 9.59 Å². The molecule has 0 bridgehead atoms. The maximum atomic E-state index is 12.9. The summed E-state index contributed by atoms with van der Waals surface area (Å²) in [5.41, 5.74) is 0.985. The molecule has 1 heterocycles. The molecular weight excluding hydrogens is 378 g/mol. The molecule has 1 saturated carbocycles. The Kier molecular flexibility index (Phi) is 6.40. The second-order valence-electron chi connectivity index (χ2n) is 7.73. The molecule has 3 rings (SSSR count). The van der Waals surface area contributed by atoms with Gasteiger partial charge >= 0.3 is 0 Å². The number of sulfonamides is 1. The Morgan fingerprint density at radius 3 is 2.50 bits per heavy atom. The van der Waals surface area contributed by atoms with Crippen LogP contribution >= 0.6 is 0 Å². The van der Waals surface area contributed by atoms with Crippen molar-refractivity contribution in [2.45, 2.75) is 69.2 Å². The van der Waals surface area contributed by atoms with Crippen LogP contribution in [0.25, 0.3) is 0 Å². The second kappa shape index (κ2) is 8.61. The van der Waals surface area contributed by atoms with Gasteiger partial charge in [-0.15, -0.1) is 0 Å². The summed E-state index contributed by atoms with van der Waals surface area (Å²) in [5.74, 6) is -0.157. The van der Waals surface area contributed by atoms with Crippen LogP contribution < -0.4 is 10.5 Å². The van der Waals surface area contributed by atoms with E-state index in [-0.39, 0.29) is 22.6 Å². The predicted octanol–water partition coefficient (Wildman–Crippen LogP) is 2.41. The zero-order valence-electron chi connectivity index (χ0n) is 16.3. The van der Waals surface area contributed by atoms with Gasteiger partial charge in [0.15, 0.2) is 0 Å². The van der Waals surface area contributed by atoms with Crippen LogP contribution in [-0.4, -0.2) is 37.7 Å². The molecule has 3 N–H and O–H groups in total. The van der Waals surface area contributed by atoms with E-state index >= 15 is 0 Å². The third-order valence-corrected chi connectivity index (χ3v) is 6.81. The van der Waals surface area contributed by atoms with Gasteiger partial charge in [-0.2, -0.15) is 0 Å². The van der Waals surface area contributed by atoms with E-state index in [2.05, 4.69) is 5.32 Å². The predicted molar refractivity (Wildman–Crippen MR) is 107 cm³/mol. The molecule has 1 aromatic rings. The Morgan fingerprint density at radius 1 is 1.14 bits per heavy atom. The number of anilines is 1. The zero-order chi connectivity index (χ0) is 20.3. The first-order valence-electron chi connectivity index (χ1n) is 10.1. The highest BCUT2D eigenvalue weighted by atomic mass is 32.2. The van der Waals surface area contributed by atoms with Crippen LogP contribution in [0, 0.1) is 5.92 Å². The lowest BCUT2D eigenvalue weighted by molar-refractivity contribution is -0.141. The molecule has 1 atom stereocenters. The summed E-state index contributed by atoms with van der Waals surface area (Å²) >= 11 is 0. The van der Waals surface area contributed by atoms with Gasteiger partial charge in [0.05, 0.1) is 4.90 Å². The van der Waals surface area contributed by atoms with Crippen molar-refractivity contribution in [1.29, 1.82) is 0 Å². The van der Waals surface area contributed by atoms with E-state index in [1.54, 1.807) is 17.0 Å².